The molecule has 0 bridgehead atoms. The lowest BCUT2D eigenvalue weighted by Crippen LogP contribution is -2.55. The molecule has 2 N–H and O–H groups in total. The highest BCUT2D eigenvalue weighted by Gasteiger charge is 2.37. The maximum absolute atomic E-state index is 14.3. The summed E-state index contributed by atoms with van der Waals surface area (Å²) in [7, 11) is 0. The molecule has 0 radical (unpaired) electrons. The minimum Gasteiger partial charge on any atom is -0.444 e. The molecule has 0 aliphatic rings. The van der Waals surface area contributed by atoms with Crippen LogP contribution in [0.15, 0.2) is 18.2 Å². The third-order valence-corrected chi connectivity index (χ3v) is 6.10. The van der Waals surface area contributed by atoms with Crippen LogP contribution in [0.25, 0.3) is 0 Å². The number of carbonyl (C=O) groups is 3. The van der Waals surface area contributed by atoms with Crippen molar-refractivity contribution < 1.29 is 19.1 Å². The Morgan fingerprint density at radius 1 is 0.897 bits per heavy atom. The Bertz CT molecular complexity index is 923. The van der Waals surface area contributed by atoms with Crippen molar-refractivity contribution in [3.8, 4) is 0 Å². The van der Waals surface area contributed by atoms with Gasteiger partial charge in [0.15, 0.2) is 0 Å². The summed E-state index contributed by atoms with van der Waals surface area (Å²) in [5.41, 5.74) is 1.66. The highest BCUT2D eigenvalue weighted by atomic mass is 16.6. The van der Waals surface area contributed by atoms with E-state index in [4.69, 9.17) is 4.74 Å². The molecule has 1 aromatic rings. The zero-order valence-corrected chi connectivity index (χ0v) is 26.5. The number of hydrogen-bond donors (Lipinski definition) is 2. The number of aryl methyl sites for hydroxylation is 2. The van der Waals surface area contributed by atoms with E-state index in [0.29, 0.717) is 13.0 Å². The lowest BCUT2D eigenvalue weighted by atomic mass is 9.95. The first-order chi connectivity index (χ1) is 17.9. The van der Waals surface area contributed by atoms with Gasteiger partial charge in [0.1, 0.15) is 17.7 Å². The van der Waals surface area contributed by atoms with Gasteiger partial charge in [-0.1, -0.05) is 75.8 Å². The lowest BCUT2D eigenvalue weighted by molar-refractivity contribution is -0.143. The topological polar surface area (TPSA) is 87.7 Å². The second kappa shape index (κ2) is 15.3. The Kier molecular flexibility index (Phi) is 13.5. The van der Waals surface area contributed by atoms with Crippen LogP contribution in [0.4, 0.5) is 4.79 Å². The highest BCUT2D eigenvalue weighted by Crippen LogP contribution is 2.27. The molecule has 0 heterocycles. The molecule has 0 aliphatic heterocycles. The molecule has 0 saturated heterocycles. The average Bonchev–Trinajstić information content (AvgIpc) is 2.73. The summed E-state index contributed by atoms with van der Waals surface area (Å²) in [4.78, 5) is 42.7. The fourth-order valence-electron chi connectivity index (χ4n) is 4.67. The van der Waals surface area contributed by atoms with E-state index in [1.807, 2.05) is 60.6 Å². The summed E-state index contributed by atoms with van der Waals surface area (Å²) in [6, 6.07) is 4.39. The van der Waals surface area contributed by atoms with Gasteiger partial charge < -0.3 is 20.3 Å². The number of rotatable bonds is 13. The SMILES string of the molecule is CCCCCCCN(C(=O)C(CC(C)C)NC(=O)OC(C)(C)C)C(C(=O)NC(C)(C)C)c1cc(C)cc(C)c1. The molecule has 7 nitrogen and oxygen atoms in total. The third kappa shape index (κ3) is 13.4. The Morgan fingerprint density at radius 3 is 1.95 bits per heavy atom. The molecule has 0 saturated carbocycles. The predicted molar refractivity (Wildman–Crippen MR) is 160 cm³/mol. The summed E-state index contributed by atoms with van der Waals surface area (Å²) < 4.78 is 5.49. The van der Waals surface area contributed by atoms with E-state index in [9.17, 15) is 14.4 Å². The number of nitrogens with zero attached hydrogens (tertiary/aromatic N) is 1. The molecule has 0 aliphatic carbocycles. The van der Waals surface area contributed by atoms with Crippen molar-refractivity contribution >= 4 is 17.9 Å². The number of nitrogens with one attached hydrogen (secondary N) is 2. The van der Waals surface area contributed by atoms with Gasteiger partial charge in [-0.3, -0.25) is 9.59 Å². The number of ether oxygens (including phenoxy) is 1. The van der Waals surface area contributed by atoms with E-state index < -0.39 is 29.3 Å². The van der Waals surface area contributed by atoms with Crippen molar-refractivity contribution in [2.75, 3.05) is 6.54 Å². The first kappa shape index (κ1) is 34.5. The average molecular weight is 546 g/mol. The van der Waals surface area contributed by atoms with Crippen LogP contribution < -0.4 is 10.6 Å². The Labute approximate surface area is 237 Å². The van der Waals surface area contributed by atoms with Crippen molar-refractivity contribution in [3.05, 3.63) is 34.9 Å². The lowest BCUT2D eigenvalue weighted by Gasteiger charge is -2.36. The minimum absolute atomic E-state index is 0.142. The van der Waals surface area contributed by atoms with E-state index in [1.165, 1.54) is 0 Å². The fraction of sp³-hybridized carbons (Fsp3) is 0.719. The van der Waals surface area contributed by atoms with Crippen molar-refractivity contribution in [2.45, 2.75) is 138 Å². The predicted octanol–water partition coefficient (Wildman–Crippen LogP) is 7.00. The van der Waals surface area contributed by atoms with Crippen LogP contribution in [0, 0.1) is 19.8 Å². The third-order valence-electron chi connectivity index (χ3n) is 6.10. The van der Waals surface area contributed by atoms with Crippen LogP contribution in [0.1, 0.15) is 124 Å². The van der Waals surface area contributed by atoms with Crippen LogP contribution in [0.3, 0.4) is 0 Å². The van der Waals surface area contributed by atoms with Crippen molar-refractivity contribution in [3.63, 3.8) is 0 Å². The van der Waals surface area contributed by atoms with Gasteiger partial charge in [0.2, 0.25) is 11.8 Å². The van der Waals surface area contributed by atoms with Gasteiger partial charge in [0, 0.05) is 12.1 Å². The molecule has 1 rings (SSSR count). The van der Waals surface area contributed by atoms with Gasteiger partial charge in [0.25, 0.3) is 0 Å². The molecule has 222 valence electrons. The van der Waals surface area contributed by atoms with Crippen LogP contribution in [0.2, 0.25) is 0 Å². The number of benzene rings is 1. The molecular weight excluding hydrogens is 490 g/mol. The van der Waals surface area contributed by atoms with Gasteiger partial charge in [0.05, 0.1) is 0 Å². The Hall–Kier alpha value is -2.57. The Morgan fingerprint density at radius 2 is 1.46 bits per heavy atom. The van der Waals surface area contributed by atoms with Gasteiger partial charge >= 0.3 is 6.09 Å². The zero-order chi connectivity index (χ0) is 30.0. The molecular formula is C32H55N3O4. The van der Waals surface area contributed by atoms with E-state index in [1.54, 1.807) is 25.7 Å². The van der Waals surface area contributed by atoms with Crippen LogP contribution in [0.5, 0.6) is 0 Å². The van der Waals surface area contributed by atoms with Gasteiger partial charge in [-0.2, -0.15) is 0 Å². The molecule has 3 amide bonds. The second-order valence-corrected chi connectivity index (χ2v) is 13.3. The summed E-state index contributed by atoms with van der Waals surface area (Å²) in [6.45, 7) is 21.8. The van der Waals surface area contributed by atoms with Gasteiger partial charge in [-0.25, -0.2) is 4.79 Å². The van der Waals surface area contributed by atoms with E-state index in [2.05, 4.69) is 23.6 Å². The van der Waals surface area contributed by atoms with E-state index >= 15 is 0 Å². The van der Waals surface area contributed by atoms with Crippen LogP contribution >= 0.6 is 0 Å². The van der Waals surface area contributed by atoms with Crippen LogP contribution in [-0.2, 0) is 14.3 Å². The minimum atomic E-state index is -0.823. The zero-order valence-electron chi connectivity index (χ0n) is 26.5. The summed E-state index contributed by atoms with van der Waals surface area (Å²) in [6.07, 6.45) is 4.87. The molecule has 39 heavy (non-hydrogen) atoms. The number of amides is 3. The summed E-state index contributed by atoms with van der Waals surface area (Å²) in [5.74, 6) is -0.350. The van der Waals surface area contributed by atoms with Crippen molar-refractivity contribution in [1.82, 2.24) is 15.5 Å². The molecule has 7 heteroatoms. The molecule has 1 aromatic carbocycles. The summed E-state index contributed by atoms with van der Waals surface area (Å²) >= 11 is 0. The maximum Gasteiger partial charge on any atom is 0.408 e. The normalized spacial score (nSPS) is 13.5. The number of hydrogen-bond acceptors (Lipinski definition) is 4. The molecule has 2 atom stereocenters. The molecule has 0 spiro atoms. The first-order valence-electron chi connectivity index (χ1n) is 14.6. The first-order valence-corrected chi connectivity index (χ1v) is 14.6. The van der Waals surface area contributed by atoms with E-state index in [0.717, 1.165) is 48.8 Å². The van der Waals surface area contributed by atoms with Crippen molar-refractivity contribution in [1.29, 1.82) is 0 Å². The van der Waals surface area contributed by atoms with Gasteiger partial charge in [-0.05, 0) is 79.7 Å². The monoisotopic (exact) mass is 545 g/mol. The highest BCUT2D eigenvalue weighted by molar-refractivity contribution is 5.92. The molecule has 0 fully saturated rings. The number of carbonyl (C=O) groups excluding carboxylic acids is 3. The number of unbranched alkanes of at least 4 members (excludes halogenated alkanes) is 4. The maximum atomic E-state index is 14.3. The quantitative estimate of drug-likeness (QED) is 0.261. The second-order valence-electron chi connectivity index (χ2n) is 13.3. The number of alkyl carbamates (subject to hydrolysis) is 1. The van der Waals surface area contributed by atoms with Crippen LogP contribution in [-0.4, -0.2) is 46.5 Å². The van der Waals surface area contributed by atoms with Crippen molar-refractivity contribution in [2.24, 2.45) is 5.92 Å². The smallest absolute Gasteiger partial charge is 0.408 e. The Balaban J connectivity index is 3.57. The van der Waals surface area contributed by atoms with Gasteiger partial charge in [-0.15, -0.1) is 0 Å². The summed E-state index contributed by atoms with van der Waals surface area (Å²) in [5, 5.41) is 5.94. The fourth-order valence-corrected chi connectivity index (χ4v) is 4.67. The largest absolute Gasteiger partial charge is 0.444 e. The molecule has 0 aromatic heterocycles. The standard InChI is InChI=1S/C32H55N3O4/c1-12-13-14-15-16-17-35(29(37)26(18-22(2)3)33-30(38)39-32(9,10)11)27(28(36)34-31(6,7)8)25-20-23(4)19-24(5)21-25/h19-22,26-27H,12-18H2,1-11H3,(H,33,38)(H,34,36). The molecule has 2 unspecified atom stereocenters. The van der Waals surface area contributed by atoms with E-state index in [-0.39, 0.29) is 17.7 Å².